The van der Waals surface area contributed by atoms with E-state index in [4.69, 9.17) is 0 Å². The lowest BCUT2D eigenvalue weighted by atomic mass is 9.93. The second kappa shape index (κ2) is 21.0. The number of carbonyl (C=O) groups excluding carboxylic acids is 8. The van der Waals surface area contributed by atoms with E-state index in [2.05, 4.69) is 42.2 Å². The number of carboxylic acids is 1. The Kier molecular flexibility index (Phi) is 16.0. The van der Waals surface area contributed by atoms with Crippen LogP contribution in [0.3, 0.4) is 0 Å². The summed E-state index contributed by atoms with van der Waals surface area (Å²) in [5.41, 5.74) is 0.220. The van der Waals surface area contributed by atoms with Crippen LogP contribution in [0.25, 0.3) is 10.9 Å². The van der Waals surface area contributed by atoms with Crippen molar-refractivity contribution in [3.63, 3.8) is 0 Å². The summed E-state index contributed by atoms with van der Waals surface area (Å²) >= 11 is 0. The number of carbonyl (C=O) groups is 9. The van der Waals surface area contributed by atoms with Gasteiger partial charge in [-0.05, 0) is 23.6 Å². The molecule has 1 saturated heterocycles. The quantitative estimate of drug-likeness (QED) is 0.123. The zero-order chi connectivity index (χ0) is 47.2. The van der Waals surface area contributed by atoms with Crippen molar-refractivity contribution in [2.45, 2.75) is 99.9 Å². The fraction of sp³-hybridized carbons (Fsp3) is 0.564. The number of hydrogen-bond acceptors (Lipinski definition) is 14. The first kappa shape index (κ1) is 48.8. The first-order chi connectivity index (χ1) is 30.2. The van der Waals surface area contributed by atoms with Gasteiger partial charge in [0.1, 0.15) is 47.0 Å². The Balaban J connectivity index is 1.73. The van der Waals surface area contributed by atoms with Gasteiger partial charge in [-0.1, -0.05) is 27.2 Å². The lowest BCUT2D eigenvalue weighted by Gasteiger charge is -2.32. The van der Waals surface area contributed by atoms with Crippen LogP contribution >= 0.6 is 0 Å². The average molecular weight is 920 g/mol. The highest BCUT2D eigenvalue weighted by molar-refractivity contribution is 7.85. The number of carboxylic acid groups (broad SMARTS) is 1. The number of aliphatic carboxylic acids is 1. The smallest absolute Gasteiger partial charge is 0.305 e. The fourth-order valence-electron chi connectivity index (χ4n) is 7.67. The number of benzene rings is 1. The van der Waals surface area contributed by atoms with Crippen LogP contribution in [0.5, 0.6) is 5.75 Å². The van der Waals surface area contributed by atoms with E-state index in [9.17, 15) is 72.9 Å². The van der Waals surface area contributed by atoms with Crippen LogP contribution in [0.4, 0.5) is 0 Å². The maximum Gasteiger partial charge on any atom is 0.305 e. The highest BCUT2D eigenvalue weighted by Crippen LogP contribution is 2.30. The Labute approximate surface area is 367 Å². The minimum absolute atomic E-state index is 0.0635. The molecule has 4 heterocycles. The van der Waals surface area contributed by atoms with E-state index < -0.39 is 176 Å². The molecule has 0 spiro atoms. The number of phenols is 1. The summed E-state index contributed by atoms with van der Waals surface area (Å²) in [7, 11) is -2.41. The van der Waals surface area contributed by atoms with Gasteiger partial charge in [0.2, 0.25) is 47.3 Å². The molecule has 2 aromatic rings. The number of nitrogens with one attached hydrogen (secondary N) is 8. The molecule has 350 valence electrons. The topological polar surface area (TPSA) is 375 Å². The summed E-state index contributed by atoms with van der Waals surface area (Å²) in [6, 6.07) is -6.28. The third-order valence-electron chi connectivity index (χ3n) is 11.5. The van der Waals surface area contributed by atoms with Crippen LogP contribution in [0.1, 0.15) is 45.6 Å². The molecule has 0 aliphatic carbocycles. The second-order valence-corrected chi connectivity index (χ2v) is 17.5. The van der Waals surface area contributed by atoms with Crippen molar-refractivity contribution in [3.8, 4) is 5.75 Å². The van der Waals surface area contributed by atoms with Crippen LogP contribution in [0, 0.1) is 11.8 Å². The number of amides is 8. The van der Waals surface area contributed by atoms with Crippen LogP contribution < -0.4 is 37.2 Å². The summed E-state index contributed by atoms with van der Waals surface area (Å²) in [5, 5.41) is 68.3. The van der Waals surface area contributed by atoms with Crippen molar-refractivity contribution in [1.29, 1.82) is 0 Å². The van der Waals surface area contributed by atoms with Crippen molar-refractivity contribution in [3.05, 3.63) is 23.8 Å². The van der Waals surface area contributed by atoms with Crippen molar-refractivity contribution in [2.24, 2.45) is 11.8 Å². The monoisotopic (exact) mass is 919 g/mol. The van der Waals surface area contributed by atoms with Crippen LogP contribution in [0.2, 0.25) is 0 Å². The summed E-state index contributed by atoms with van der Waals surface area (Å²) in [5.74, 6) is -12.9. The zero-order valence-corrected chi connectivity index (χ0v) is 35.9. The number of H-pyrrole nitrogens is 1. The molecule has 5 rings (SSSR count). The first-order valence-electron chi connectivity index (χ1n) is 20.5. The molecule has 3 aliphatic heterocycles. The van der Waals surface area contributed by atoms with E-state index in [1.54, 1.807) is 13.8 Å². The SMILES string of the molecule is CC[C@H](C)[C@@H]1NC(=O)CNC(=O)[C@H]2Cc3c([nH]c4cc(O)ccc34)[S@](=O)C[C@@H](NC(=O)CNC1=O)C(=O)N[C@H](CC(=O)O)C(=O)N1C[C@H](O)C[C@@H]1C(=O)N[C@H]([C@H](C)[C@H](O)CO)C(=O)N2. The highest BCUT2D eigenvalue weighted by Gasteiger charge is 2.45. The number of aromatic hydroxyl groups is 1. The number of hydrogen-bond donors (Lipinski definition) is 13. The molecular formula is C39H53N9O15S. The number of nitrogens with zero attached hydrogens (tertiary/aromatic N) is 1. The average Bonchev–Trinajstić information content (AvgIpc) is 3.82. The predicted molar refractivity (Wildman–Crippen MR) is 221 cm³/mol. The van der Waals surface area contributed by atoms with Crippen LogP contribution in [-0.4, -0.2) is 173 Å². The Morgan fingerprint density at radius 1 is 0.859 bits per heavy atom. The van der Waals surface area contributed by atoms with Crippen molar-refractivity contribution < 1.29 is 72.9 Å². The number of aromatic nitrogens is 1. The Morgan fingerprint density at radius 2 is 1.53 bits per heavy atom. The maximum absolute atomic E-state index is 14.5. The van der Waals surface area contributed by atoms with Gasteiger partial charge in [0.15, 0.2) is 0 Å². The zero-order valence-electron chi connectivity index (χ0n) is 35.0. The van der Waals surface area contributed by atoms with E-state index in [0.717, 1.165) is 4.90 Å². The molecule has 1 aromatic carbocycles. The van der Waals surface area contributed by atoms with Gasteiger partial charge in [-0.2, -0.15) is 0 Å². The molecular weight excluding hydrogens is 867 g/mol. The summed E-state index contributed by atoms with van der Waals surface area (Å²) in [4.78, 5) is 127. The largest absolute Gasteiger partial charge is 0.508 e. The maximum atomic E-state index is 14.5. The number of phenolic OH excluding ortho intramolecular Hbond substituents is 1. The van der Waals surface area contributed by atoms with Gasteiger partial charge >= 0.3 is 5.97 Å². The molecule has 2 bridgehead atoms. The lowest BCUT2D eigenvalue weighted by molar-refractivity contribution is -0.146. The predicted octanol–water partition coefficient (Wildman–Crippen LogP) is -5.32. The van der Waals surface area contributed by atoms with Gasteiger partial charge in [-0.25, -0.2) is 0 Å². The molecule has 8 amide bonds. The number of aliphatic hydroxyl groups excluding tert-OH is 3. The lowest BCUT2D eigenvalue weighted by Crippen LogP contribution is -2.62. The van der Waals surface area contributed by atoms with E-state index in [1.807, 2.05) is 0 Å². The van der Waals surface area contributed by atoms with Crippen LogP contribution in [0.15, 0.2) is 23.2 Å². The van der Waals surface area contributed by atoms with Crippen molar-refractivity contribution >= 4 is 74.9 Å². The summed E-state index contributed by atoms with van der Waals surface area (Å²) < 4.78 is 14.5. The number of fused-ring (bicyclic) bond motifs is 5. The molecule has 1 aromatic heterocycles. The summed E-state index contributed by atoms with van der Waals surface area (Å²) in [6.07, 6.45) is -4.74. The molecule has 25 heteroatoms. The number of aliphatic hydroxyl groups is 3. The molecule has 1 fully saturated rings. The molecule has 64 heavy (non-hydrogen) atoms. The van der Waals surface area contributed by atoms with Crippen molar-refractivity contribution in [1.82, 2.24) is 47.1 Å². The summed E-state index contributed by atoms with van der Waals surface area (Å²) in [6.45, 7) is 1.64. The normalized spacial score (nSPS) is 28.5. The van der Waals surface area contributed by atoms with Gasteiger partial charge in [0.25, 0.3) is 0 Å². The molecule has 0 saturated carbocycles. The number of rotatable bonds is 7. The molecule has 0 radical (unpaired) electrons. The molecule has 24 nitrogen and oxygen atoms in total. The Hall–Kier alpha value is -6.18. The second-order valence-electron chi connectivity index (χ2n) is 16.1. The molecule has 13 N–H and O–H groups in total. The molecule has 0 unspecified atom stereocenters. The third-order valence-corrected chi connectivity index (χ3v) is 12.9. The van der Waals surface area contributed by atoms with Crippen molar-refractivity contribution in [2.75, 3.05) is 32.0 Å². The fourth-order valence-corrected chi connectivity index (χ4v) is 9.07. The van der Waals surface area contributed by atoms with Gasteiger partial charge in [-0.15, -0.1) is 0 Å². The minimum Gasteiger partial charge on any atom is -0.508 e. The Morgan fingerprint density at radius 3 is 2.19 bits per heavy atom. The Bertz CT molecular complexity index is 2200. The van der Waals surface area contributed by atoms with E-state index >= 15 is 0 Å². The standard InChI is InChI=1S/C39H53N9O15S/c1-4-16(2)31-36(60)41-11-28(53)42-25-15-64(63)38-21(20-6-5-18(50)7-22(20)45-38)9-23(33(57)40-12-29(54)46-31)43-37(61)32(17(3)27(52)14-49)47-35(59)26-8-19(51)13-48(26)39(62)24(10-30(55)56)44-34(25)58/h5-7,16-17,19,23-27,31-32,45,49-52H,4,8-15H2,1-3H3,(H,40,57)(H,41,60)(H,42,53)(H,43,61)(H,44,58)(H,46,54)(H,47,59)(H,55,56)/t16-,17+,19+,23+,24+,25+,26+,27+,31-,32+,64+/m0/s1. The van der Waals surface area contributed by atoms with Gasteiger partial charge in [0.05, 0.1) is 60.4 Å². The van der Waals surface area contributed by atoms with E-state index in [0.29, 0.717) is 6.42 Å². The minimum atomic E-state index is -2.41. The highest BCUT2D eigenvalue weighted by atomic mass is 32.2. The first-order valence-corrected chi connectivity index (χ1v) is 21.8. The number of aromatic amines is 1. The van der Waals surface area contributed by atoms with Crippen LogP contribution in [-0.2, 0) is 60.4 Å². The molecule has 11 atom stereocenters. The van der Waals surface area contributed by atoms with E-state index in [-0.39, 0.29) is 27.2 Å². The van der Waals surface area contributed by atoms with Gasteiger partial charge in [0, 0.05) is 36.8 Å². The van der Waals surface area contributed by atoms with Gasteiger partial charge < -0.3 is 72.6 Å². The van der Waals surface area contributed by atoms with E-state index in [1.165, 1.54) is 25.1 Å². The molecule has 3 aliphatic rings. The van der Waals surface area contributed by atoms with Gasteiger partial charge in [-0.3, -0.25) is 47.4 Å². The third kappa shape index (κ3) is 11.5.